The zero-order valence-electron chi connectivity index (χ0n) is 12.7. The molecule has 0 saturated carbocycles. The first-order chi connectivity index (χ1) is 10.8. The van der Waals surface area contributed by atoms with Gasteiger partial charge in [-0.25, -0.2) is 0 Å². The van der Waals surface area contributed by atoms with Gasteiger partial charge in [-0.1, -0.05) is 36.4 Å². The van der Waals surface area contributed by atoms with Crippen molar-refractivity contribution < 1.29 is 4.79 Å². The van der Waals surface area contributed by atoms with Gasteiger partial charge in [0.25, 0.3) is 0 Å². The van der Waals surface area contributed by atoms with Crippen LogP contribution in [0.15, 0.2) is 47.8 Å². The predicted molar refractivity (Wildman–Crippen MR) is 90.6 cm³/mol. The zero-order valence-corrected chi connectivity index (χ0v) is 13.5. The summed E-state index contributed by atoms with van der Waals surface area (Å²) in [7, 11) is 0. The molecule has 1 fully saturated rings. The molecule has 0 bridgehead atoms. The van der Waals surface area contributed by atoms with Crippen LogP contribution in [-0.4, -0.2) is 23.9 Å². The molecule has 1 amide bonds. The van der Waals surface area contributed by atoms with Crippen LogP contribution in [0.2, 0.25) is 0 Å². The van der Waals surface area contributed by atoms with Crippen LogP contribution in [0.5, 0.6) is 0 Å². The molecule has 1 aliphatic heterocycles. The second kappa shape index (κ2) is 7.56. The summed E-state index contributed by atoms with van der Waals surface area (Å²) in [5, 5.41) is 5.13. The van der Waals surface area contributed by atoms with Crippen LogP contribution in [0.4, 0.5) is 0 Å². The lowest BCUT2D eigenvalue weighted by molar-refractivity contribution is -0.126. The summed E-state index contributed by atoms with van der Waals surface area (Å²) in [5.74, 6) is 0.323. The highest BCUT2D eigenvalue weighted by Gasteiger charge is 2.25. The molecule has 0 spiro atoms. The Bertz CT molecular complexity index is 582. The van der Waals surface area contributed by atoms with Gasteiger partial charge in [0.05, 0.1) is 12.5 Å². The van der Waals surface area contributed by atoms with Crippen molar-refractivity contribution in [2.45, 2.75) is 25.9 Å². The van der Waals surface area contributed by atoms with Gasteiger partial charge >= 0.3 is 0 Å². The Labute approximate surface area is 136 Å². The molecule has 1 aromatic heterocycles. The van der Waals surface area contributed by atoms with Crippen molar-refractivity contribution in [3.05, 3.63) is 58.3 Å². The third kappa shape index (κ3) is 4.18. The number of hydrogen-bond acceptors (Lipinski definition) is 3. The lowest BCUT2D eigenvalue weighted by Crippen LogP contribution is -2.42. The smallest absolute Gasteiger partial charge is 0.224 e. The van der Waals surface area contributed by atoms with E-state index >= 15 is 0 Å². The SMILES string of the molecule is O=C(NCc1cccs1)[C@H]1CCCN(Cc2ccccc2)C1. The summed E-state index contributed by atoms with van der Waals surface area (Å²) in [4.78, 5) is 16.0. The summed E-state index contributed by atoms with van der Waals surface area (Å²) in [6, 6.07) is 14.6. The Hall–Kier alpha value is -1.65. The van der Waals surface area contributed by atoms with Crippen LogP contribution >= 0.6 is 11.3 Å². The third-order valence-electron chi connectivity index (χ3n) is 4.14. The molecule has 0 radical (unpaired) electrons. The van der Waals surface area contributed by atoms with Crippen LogP contribution in [0.3, 0.4) is 0 Å². The van der Waals surface area contributed by atoms with Crippen molar-refractivity contribution in [2.24, 2.45) is 5.92 Å². The van der Waals surface area contributed by atoms with E-state index in [1.165, 1.54) is 10.4 Å². The number of piperidine rings is 1. The molecule has 22 heavy (non-hydrogen) atoms. The second-order valence-electron chi connectivity index (χ2n) is 5.86. The van der Waals surface area contributed by atoms with Gasteiger partial charge in [0.2, 0.25) is 5.91 Å². The molecule has 1 aromatic carbocycles. The minimum absolute atomic E-state index is 0.123. The van der Waals surface area contributed by atoms with E-state index in [0.717, 1.165) is 32.5 Å². The van der Waals surface area contributed by atoms with Gasteiger partial charge in [-0.2, -0.15) is 0 Å². The molecule has 2 heterocycles. The Kier molecular flexibility index (Phi) is 5.24. The molecule has 3 nitrogen and oxygen atoms in total. The average Bonchev–Trinajstić information content (AvgIpc) is 3.07. The van der Waals surface area contributed by atoms with E-state index in [1.54, 1.807) is 11.3 Å². The maximum atomic E-state index is 12.4. The number of benzene rings is 1. The molecule has 1 atom stereocenters. The standard InChI is InChI=1S/C18H22N2OS/c21-18(19-12-17-9-5-11-22-17)16-8-4-10-20(14-16)13-15-6-2-1-3-7-15/h1-3,5-7,9,11,16H,4,8,10,12-14H2,(H,19,21)/t16-/m0/s1. The van der Waals surface area contributed by atoms with Gasteiger partial charge in [0.1, 0.15) is 0 Å². The summed E-state index contributed by atoms with van der Waals surface area (Å²) in [6.07, 6.45) is 2.10. The number of carbonyl (C=O) groups is 1. The number of amides is 1. The van der Waals surface area contributed by atoms with Crippen molar-refractivity contribution in [1.82, 2.24) is 10.2 Å². The van der Waals surface area contributed by atoms with Crippen molar-refractivity contribution in [3.8, 4) is 0 Å². The van der Waals surface area contributed by atoms with E-state index in [0.29, 0.717) is 6.54 Å². The Morgan fingerprint density at radius 2 is 2.09 bits per heavy atom. The monoisotopic (exact) mass is 314 g/mol. The number of hydrogen-bond donors (Lipinski definition) is 1. The van der Waals surface area contributed by atoms with Crippen molar-refractivity contribution in [1.29, 1.82) is 0 Å². The highest BCUT2D eigenvalue weighted by atomic mass is 32.1. The van der Waals surface area contributed by atoms with Gasteiger partial charge in [-0.3, -0.25) is 9.69 Å². The first-order valence-corrected chi connectivity index (χ1v) is 8.75. The first-order valence-electron chi connectivity index (χ1n) is 7.87. The highest BCUT2D eigenvalue weighted by molar-refractivity contribution is 7.09. The predicted octanol–water partition coefficient (Wildman–Crippen LogP) is 3.28. The molecule has 0 unspecified atom stereocenters. The Morgan fingerprint density at radius 1 is 1.23 bits per heavy atom. The molecule has 4 heteroatoms. The first kappa shape index (κ1) is 15.3. The molecule has 116 valence electrons. The van der Waals surface area contributed by atoms with Crippen LogP contribution in [0, 0.1) is 5.92 Å². The lowest BCUT2D eigenvalue weighted by atomic mass is 9.96. The summed E-state index contributed by atoms with van der Waals surface area (Å²) in [6.45, 7) is 3.55. The maximum Gasteiger partial charge on any atom is 0.224 e. The van der Waals surface area contributed by atoms with E-state index < -0.39 is 0 Å². The fraction of sp³-hybridized carbons (Fsp3) is 0.389. The number of rotatable bonds is 5. The van der Waals surface area contributed by atoms with Gasteiger partial charge in [-0.15, -0.1) is 11.3 Å². The van der Waals surface area contributed by atoms with Crippen LogP contribution < -0.4 is 5.32 Å². The molecule has 3 rings (SSSR count). The topological polar surface area (TPSA) is 32.3 Å². The number of thiophene rings is 1. The molecule has 2 aromatic rings. The molecule has 1 saturated heterocycles. The van der Waals surface area contributed by atoms with E-state index in [2.05, 4.69) is 40.5 Å². The van der Waals surface area contributed by atoms with Crippen LogP contribution in [-0.2, 0) is 17.9 Å². The van der Waals surface area contributed by atoms with Gasteiger partial charge in [-0.05, 0) is 36.4 Å². The van der Waals surface area contributed by atoms with Crippen molar-refractivity contribution in [3.63, 3.8) is 0 Å². The van der Waals surface area contributed by atoms with E-state index in [-0.39, 0.29) is 11.8 Å². The normalized spacial score (nSPS) is 19.0. The highest BCUT2D eigenvalue weighted by Crippen LogP contribution is 2.19. The second-order valence-corrected chi connectivity index (χ2v) is 6.89. The van der Waals surface area contributed by atoms with Crippen LogP contribution in [0.25, 0.3) is 0 Å². The Morgan fingerprint density at radius 3 is 2.86 bits per heavy atom. The average molecular weight is 314 g/mol. The van der Waals surface area contributed by atoms with Gasteiger partial charge in [0, 0.05) is 18.0 Å². The lowest BCUT2D eigenvalue weighted by Gasteiger charge is -2.32. The van der Waals surface area contributed by atoms with E-state index in [4.69, 9.17) is 0 Å². The molecular weight excluding hydrogens is 292 g/mol. The third-order valence-corrected chi connectivity index (χ3v) is 5.02. The maximum absolute atomic E-state index is 12.4. The number of nitrogens with zero attached hydrogens (tertiary/aromatic N) is 1. The van der Waals surface area contributed by atoms with Crippen LogP contribution in [0.1, 0.15) is 23.3 Å². The zero-order chi connectivity index (χ0) is 15.2. The minimum atomic E-state index is 0.123. The van der Waals surface area contributed by atoms with E-state index in [9.17, 15) is 4.79 Å². The van der Waals surface area contributed by atoms with Crippen molar-refractivity contribution >= 4 is 17.2 Å². The van der Waals surface area contributed by atoms with E-state index in [1.807, 2.05) is 17.5 Å². The quantitative estimate of drug-likeness (QED) is 0.918. The number of likely N-dealkylation sites (tertiary alicyclic amines) is 1. The number of carbonyl (C=O) groups excluding carboxylic acids is 1. The molecular formula is C18H22N2OS. The molecule has 1 aliphatic rings. The fourth-order valence-corrected chi connectivity index (χ4v) is 3.63. The largest absolute Gasteiger partial charge is 0.351 e. The van der Waals surface area contributed by atoms with Gasteiger partial charge in [0.15, 0.2) is 0 Å². The Balaban J connectivity index is 1.50. The molecule has 0 aliphatic carbocycles. The molecule has 1 N–H and O–H groups in total. The summed E-state index contributed by atoms with van der Waals surface area (Å²) in [5.41, 5.74) is 1.32. The van der Waals surface area contributed by atoms with Gasteiger partial charge < -0.3 is 5.32 Å². The fourth-order valence-electron chi connectivity index (χ4n) is 2.99. The summed E-state index contributed by atoms with van der Waals surface area (Å²) >= 11 is 1.69. The van der Waals surface area contributed by atoms with Crippen molar-refractivity contribution in [2.75, 3.05) is 13.1 Å². The minimum Gasteiger partial charge on any atom is -0.351 e. The number of nitrogens with one attached hydrogen (secondary N) is 1. The summed E-state index contributed by atoms with van der Waals surface area (Å²) < 4.78 is 0.